The SMILES string of the molecule is Cc1ccc2oc(C(C)N)nc2c1. The maximum Gasteiger partial charge on any atom is 0.212 e. The molecule has 68 valence electrons. The quantitative estimate of drug-likeness (QED) is 0.724. The molecule has 0 saturated carbocycles. The standard InChI is InChI=1S/C10H12N2O/c1-6-3-4-9-8(5-6)12-10(13-9)7(2)11/h3-5,7H,11H2,1-2H3. The Morgan fingerprint density at radius 3 is 2.92 bits per heavy atom. The Bertz CT molecular complexity index is 431. The maximum absolute atomic E-state index is 5.66. The molecular formula is C10H12N2O. The monoisotopic (exact) mass is 176 g/mol. The zero-order valence-corrected chi connectivity index (χ0v) is 7.74. The Hall–Kier alpha value is -1.35. The second kappa shape index (κ2) is 2.85. The lowest BCUT2D eigenvalue weighted by molar-refractivity contribution is 0.493. The van der Waals surface area contributed by atoms with Gasteiger partial charge in [-0.25, -0.2) is 4.98 Å². The van der Waals surface area contributed by atoms with Gasteiger partial charge in [0, 0.05) is 0 Å². The summed E-state index contributed by atoms with van der Waals surface area (Å²) in [5.41, 5.74) is 8.52. The third-order valence-electron chi connectivity index (χ3n) is 1.95. The van der Waals surface area contributed by atoms with Crippen LogP contribution >= 0.6 is 0 Å². The molecule has 2 N–H and O–H groups in total. The molecule has 0 aliphatic carbocycles. The zero-order chi connectivity index (χ0) is 9.42. The predicted molar refractivity (Wildman–Crippen MR) is 51.3 cm³/mol. The lowest BCUT2D eigenvalue weighted by Gasteiger charge is -1.94. The predicted octanol–water partition coefficient (Wildman–Crippen LogP) is 2.16. The Labute approximate surface area is 76.6 Å². The van der Waals surface area contributed by atoms with E-state index in [1.165, 1.54) is 5.56 Å². The molecule has 0 saturated heterocycles. The van der Waals surface area contributed by atoms with Crippen LogP contribution in [0, 0.1) is 6.92 Å². The summed E-state index contributed by atoms with van der Waals surface area (Å²) in [6.07, 6.45) is 0. The summed E-state index contributed by atoms with van der Waals surface area (Å²) in [4.78, 5) is 4.28. The fraction of sp³-hybridized carbons (Fsp3) is 0.300. The first kappa shape index (κ1) is 8.26. The average molecular weight is 176 g/mol. The van der Waals surface area contributed by atoms with Gasteiger partial charge in [-0.05, 0) is 31.5 Å². The Balaban J connectivity index is 2.62. The first-order valence-corrected chi connectivity index (χ1v) is 4.29. The minimum atomic E-state index is -0.146. The minimum Gasteiger partial charge on any atom is -0.439 e. The van der Waals surface area contributed by atoms with E-state index in [-0.39, 0.29) is 6.04 Å². The van der Waals surface area contributed by atoms with E-state index in [0.717, 1.165) is 11.1 Å². The van der Waals surface area contributed by atoms with Crippen molar-refractivity contribution in [2.45, 2.75) is 19.9 Å². The normalized spacial score (nSPS) is 13.5. The summed E-state index contributed by atoms with van der Waals surface area (Å²) in [6, 6.07) is 5.76. The number of hydrogen-bond acceptors (Lipinski definition) is 3. The number of nitrogens with two attached hydrogens (primary N) is 1. The average Bonchev–Trinajstić information content (AvgIpc) is 2.46. The van der Waals surface area contributed by atoms with Crippen molar-refractivity contribution in [1.29, 1.82) is 0 Å². The highest BCUT2D eigenvalue weighted by Crippen LogP contribution is 2.19. The van der Waals surface area contributed by atoms with Gasteiger partial charge in [0.2, 0.25) is 5.89 Å². The van der Waals surface area contributed by atoms with E-state index in [9.17, 15) is 0 Å². The molecule has 0 radical (unpaired) electrons. The van der Waals surface area contributed by atoms with Crippen LogP contribution in [0.5, 0.6) is 0 Å². The molecule has 3 heteroatoms. The Kier molecular flexibility index (Phi) is 1.81. The number of aromatic nitrogens is 1. The molecule has 1 unspecified atom stereocenters. The number of hydrogen-bond donors (Lipinski definition) is 1. The van der Waals surface area contributed by atoms with Gasteiger partial charge in [-0.2, -0.15) is 0 Å². The molecule has 2 rings (SSSR count). The van der Waals surface area contributed by atoms with Crippen LogP contribution in [-0.4, -0.2) is 4.98 Å². The van der Waals surface area contributed by atoms with Gasteiger partial charge >= 0.3 is 0 Å². The van der Waals surface area contributed by atoms with Gasteiger partial charge in [-0.1, -0.05) is 6.07 Å². The van der Waals surface area contributed by atoms with Crippen LogP contribution in [0.1, 0.15) is 24.4 Å². The molecule has 0 aliphatic heterocycles. The second-order valence-corrected chi connectivity index (χ2v) is 3.31. The molecule has 1 aromatic heterocycles. The van der Waals surface area contributed by atoms with Gasteiger partial charge in [-0.3, -0.25) is 0 Å². The number of rotatable bonds is 1. The topological polar surface area (TPSA) is 52.0 Å². The lowest BCUT2D eigenvalue weighted by atomic mass is 10.2. The molecule has 2 aromatic rings. The van der Waals surface area contributed by atoms with E-state index < -0.39 is 0 Å². The molecule has 0 spiro atoms. The molecule has 1 heterocycles. The van der Waals surface area contributed by atoms with E-state index in [1.807, 2.05) is 32.0 Å². The number of fused-ring (bicyclic) bond motifs is 1. The van der Waals surface area contributed by atoms with Crippen molar-refractivity contribution < 1.29 is 4.42 Å². The lowest BCUT2D eigenvalue weighted by Crippen LogP contribution is -2.04. The van der Waals surface area contributed by atoms with E-state index in [2.05, 4.69) is 4.98 Å². The summed E-state index contributed by atoms with van der Waals surface area (Å²) in [5.74, 6) is 0.598. The molecular weight excluding hydrogens is 164 g/mol. The van der Waals surface area contributed by atoms with Gasteiger partial charge in [0.25, 0.3) is 0 Å². The van der Waals surface area contributed by atoms with Crippen molar-refractivity contribution in [3.63, 3.8) is 0 Å². The maximum atomic E-state index is 5.66. The third kappa shape index (κ3) is 1.42. The van der Waals surface area contributed by atoms with Crippen LogP contribution < -0.4 is 5.73 Å². The van der Waals surface area contributed by atoms with Crippen LogP contribution in [0.2, 0.25) is 0 Å². The van der Waals surface area contributed by atoms with Crippen LogP contribution in [0.3, 0.4) is 0 Å². The van der Waals surface area contributed by atoms with Gasteiger partial charge < -0.3 is 10.2 Å². The highest BCUT2D eigenvalue weighted by Gasteiger charge is 2.08. The van der Waals surface area contributed by atoms with Gasteiger partial charge in [-0.15, -0.1) is 0 Å². The van der Waals surface area contributed by atoms with Crippen molar-refractivity contribution in [3.8, 4) is 0 Å². The summed E-state index contributed by atoms with van der Waals surface area (Å²) < 4.78 is 5.45. The molecule has 0 aliphatic rings. The van der Waals surface area contributed by atoms with Gasteiger partial charge in [0.15, 0.2) is 5.58 Å². The molecule has 1 atom stereocenters. The summed E-state index contributed by atoms with van der Waals surface area (Å²) >= 11 is 0. The van der Waals surface area contributed by atoms with Crippen molar-refractivity contribution in [2.24, 2.45) is 5.73 Å². The van der Waals surface area contributed by atoms with Crippen LogP contribution in [0.25, 0.3) is 11.1 Å². The summed E-state index contributed by atoms with van der Waals surface area (Å²) in [7, 11) is 0. The fourth-order valence-electron chi connectivity index (χ4n) is 1.25. The highest BCUT2D eigenvalue weighted by molar-refractivity contribution is 5.73. The second-order valence-electron chi connectivity index (χ2n) is 3.31. The summed E-state index contributed by atoms with van der Waals surface area (Å²) in [6.45, 7) is 3.89. The minimum absolute atomic E-state index is 0.146. The number of nitrogens with zero attached hydrogens (tertiary/aromatic N) is 1. The number of oxazole rings is 1. The van der Waals surface area contributed by atoms with Gasteiger partial charge in [0.1, 0.15) is 5.52 Å². The summed E-state index contributed by atoms with van der Waals surface area (Å²) in [5, 5.41) is 0. The molecule has 1 aromatic carbocycles. The van der Waals surface area contributed by atoms with Crippen LogP contribution in [-0.2, 0) is 0 Å². The molecule has 0 bridgehead atoms. The number of aryl methyl sites for hydroxylation is 1. The van der Waals surface area contributed by atoms with Crippen molar-refractivity contribution >= 4 is 11.1 Å². The van der Waals surface area contributed by atoms with Crippen molar-refractivity contribution in [3.05, 3.63) is 29.7 Å². The Morgan fingerprint density at radius 1 is 1.46 bits per heavy atom. The first-order valence-electron chi connectivity index (χ1n) is 4.29. The van der Waals surface area contributed by atoms with Crippen molar-refractivity contribution in [1.82, 2.24) is 4.98 Å². The molecule has 13 heavy (non-hydrogen) atoms. The zero-order valence-electron chi connectivity index (χ0n) is 7.74. The third-order valence-corrected chi connectivity index (χ3v) is 1.95. The Morgan fingerprint density at radius 2 is 2.23 bits per heavy atom. The van der Waals surface area contributed by atoms with E-state index in [1.54, 1.807) is 0 Å². The molecule has 0 fully saturated rings. The van der Waals surface area contributed by atoms with Crippen molar-refractivity contribution in [2.75, 3.05) is 0 Å². The van der Waals surface area contributed by atoms with E-state index in [0.29, 0.717) is 5.89 Å². The fourth-order valence-corrected chi connectivity index (χ4v) is 1.25. The van der Waals surface area contributed by atoms with Crippen LogP contribution in [0.15, 0.2) is 22.6 Å². The first-order chi connectivity index (χ1) is 6.16. The van der Waals surface area contributed by atoms with E-state index in [4.69, 9.17) is 10.2 Å². The van der Waals surface area contributed by atoms with Crippen LogP contribution in [0.4, 0.5) is 0 Å². The van der Waals surface area contributed by atoms with E-state index >= 15 is 0 Å². The largest absolute Gasteiger partial charge is 0.439 e. The number of benzene rings is 1. The van der Waals surface area contributed by atoms with Gasteiger partial charge in [0.05, 0.1) is 6.04 Å². The molecule has 3 nitrogen and oxygen atoms in total. The smallest absolute Gasteiger partial charge is 0.212 e. The highest BCUT2D eigenvalue weighted by atomic mass is 16.3. The molecule has 0 amide bonds.